The molecule has 2 N–H and O–H groups in total. The van der Waals surface area contributed by atoms with E-state index in [1.54, 1.807) is 6.92 Å². The summed E-state index contributed by atoms with van der Waals surface area (Å²) in [4.78, 5) is 25.7. The third-order valence-corrected chi connectivity index (χ3v) is 3.84. The van der Waals surface area contributed by atoms with Gasteiger partial charge in [0.1, 0.15) is 18.3 Å². The summed E-state index contributed by atoms with van der Waals surface area (Å²) in [5.41, 5.74) is -1.36. The van der Waals surface area contributed by atoms with E-state index in [0.717, 1.165) is 4.57 Å². The van der Waals surface area contributed by atoms with Gasteiger partial charge in [0.2, 0.25) is 5.75 Å². The van der Waals surface area contributed by atoms with Gasteiger partial charge in [-0.05, 0) is 13.8 Å². The molecule has 0 radical (unpaired) electrons. The van der Waals surface area contributed by atoms with Crippen molar-refractivity contribution in [2.75, 3.05) is 20.8 Å². The summed E-state index contributed by atoms with van der Waals surface area (Å²) in [5.74, 6) is -0.0596. The van der Waals surface area contributed by atoms with Gasteiger partial charge in [-0.25, -0.2) is 4.79 Å². The van der Waals surface area contributed by atoms with Crippen molar-refractivity contribution in [3.05, 3.63) is 27.0 Å². The van der Waals surface area contributed by atoms with Gasteiger partial charge in [-0.2, -0.15) is 0 Å². The Labute approximate surface area is 132 Å². The van der Waals surface area contributed by atoms with E-state index < -0.39 is 35.8 Å². The smallest absolute Gasteiger partial charge is 0.330 e. The molecule has 23 heavy (non-hydrogen) atoms. The van der Waals surface area contributed by atoms with E-state index in [4.69, 9.17) is 18.9 Å². The van der Waals surface area contributed by atoms with Crippen molar-refractivity contribution in [2.45, 2.75) is 44.5 Å². The van der Waals surface area contributed by atoms with Crippen LogP contribution in [-0.2, 0) is 14.2 Å². The van der Waals surface area contributed by atoms with Crippen molar-refractivity contribution in [3.63, 3.8) is 0 Å². The lowest BCUT2D eigenvalue weighted by molar-refractivity contribution is -0.104. The number of nitrogens with one attached hydrogen (secondary N) is 1. The number of H-pyrrole nitrogens is 1. The molecule has 2 unspecified atom stereocenters. The largest absolute Gasteiger partial charge is 0.490 e. The van der Waals surface area contributed by atoms with Crippen molar-refractivity contribution < 1.29 is 24.1 Å². The van der Waals surface area contributed by atoms with Crippen LogP contribution in [0.5, 0.6) is 5.75 Å². The molecule has 0 aromatic carbocycles. The second-order valence-electron chi connectivity index (χ2n) is 5.21. The first-order chi connectivity index (χ1) is 10.9. The highest BCUT2D eigenvalue weighted by Gasteiger charge is 2.48. The van der Waals surface area contributed by atoms with Gasteiger partial charge < -0.3 is 24.1 Å². The maximum atomic E-state index is 12.0. The van der Waals surface area contributed by atoms with E-state index in [9.17, 15) is 14.7 Å². The fraction of sp³-hybridized carbons (Fsp3) is 0.714. The van der Waals surface area contributed by atoms with Crippen LogP contribution in [0.4, 0.5) is 0 Å². The molecule has 1 aromatic rings. The third-order valence-electron chi connectivity index (χ3n) is 3.84. The number of aliphatic hydroxyl groups is 1. The maximum Gasteiger partial charge on any atom is 0.330 e. The molecule has 5 atom stereocenters. The fourth-order valence-electron chi connectivity index (χ4n) is 2.72. The minimum absolute atomic E-state index is 0.0596. The zero-order valence-electron chi connectivity index (χ0n) is 13.5. The highest BCUT2D eigenvalue weighted by atomic mass is 16.6. The summed E-state index contributed by atoms with van der Waals surface area (Å²) in [6.07, 6.45) is -2.51. The molecule has 9 nitrogen and oxygen atoms in total. The van der Waals surface area contributed by atoms with Crippen LogP contribution >= 0.6 is 0 Å². The lowest BCUT2D eigenvalue weighted by atomic mass is 10.1. The normalized spacial score (nSPS) is 28.7. The second kappa shape index (κ2) is 7.26. The van der Waals surface area contributed by atoms with E-state index in [1.165, 1.54) is 20.4 Å². The molecule has 130 valence electrons. The van der Waals surface area contributed by atoms with Crippen LogP contribution < -0.4 is 16.0 Å². The molecular formula is C14H22N2O7. The Balaban J connectivity index is 2.37. The highest BCUT2D eigenvalue weighted by Crippen LogP contribution is 2.32. The summed E-state index contributed by atoms with van der Waals surface area (Å²) in [5, 5.41) is 10.4. The van der Waals surface area contributed by atoms with Gasteiger partial charge >= 0.3 is 5.69 Å². The molecule has 0 saturated carbocycles. The Morgan fingerprint density at radius 2 is 2.13 bits per heavy atom. The number of ether oxygens (including phenoxy) is 4. The van der Waals surface area contributed by atoms with Gasteiger partial charge in [-0.3, -0.25) is 14.3 Å². The van der Waals surface area contributed by atoms with Gasteiger partial charge in [-0.1, -0.05) is 0 Å². The van der Waals surface area contributed by atoms with Crippen molar-refractivity contribution in [3.8, 4) is 5.75 Å². The number of methoxy groups -OCH3 is 2. The molecule has 0 aliphatic carbocycles. The predicted octanol–water partition coefficient (Wildman–Crippen LogP) is -0.756. The lowest BCUT2D eigenvalue weighted by Gasteiger charge is -2.23. The van der Waals surface area contributed by atoms with Crippen LogP contribution in [-0.4, -0.2) is 59.9 Å². The number of hydrogen-bond donors (Lipinski definition) is 2. The average molecular weight is 330 g/mol. The Hall–Kier alpha value is -1.68. The van der Waals surface area contributed by atoms with Gasteiger partial charge in [0.05, 0.1) is 19.4 Å². The highest BCUT2D eigenvalue weighted by molar-refractivity contribution is 5.12. The van der Waals surface area contributed by atoms with Crippen LogP contribution in [0.25, 0.3) is 0 Å². The van der Waals surface area contributed by atoms with Crippen LogP contribution in [0.15, 0.2) is 15.8 Å². The van der Waals surface area contributed by atoms with E-state index in [0.29, 0.717) is 6.61 Å². The first-order valence-corrected chi connectivity index (χ1v) is 7.32. The average Bonchev–Trinajstić information content (AvgIpc) is 2.84. The topological polar surface area (TPSA) is 112 Å². The molecule has 0 spiro atoms. The molecule has 1 aliphatic rings. The standard InChI is InChI=1S/C14H22N2O7/c1-5-22-7(2)10-11(21-4)9(17)13(23-10)16-6-8(20-3)12(18)15-14(16)19/h6-7,9-11,13,17H,5H2,1-4H3,(H,15,18,19)/t7?,9-,10+,11?,13+/m0/s1. The van der Waals surface area contributed by atoms with Gasteiger partial charge in [0.25, 0.3) is 5.56 Å². The first-order valence-electron chi connectivity index (χ1n) is 7.32. The quantitative estimate of drug-likeness (QED) is 0.705. The zero-order valence-corrected chi connectivity index (χ0v) is 13.5. The van der Waals surface area contributed by atoms with E-state index in [2.05, 4.69) is 4.98 Å². The number of rotatable bonds is 6. The molecule has 1 fully saturated rings. The van der Waals surface area contributed by atoms with Crippen LogP contribution in [0.2, 0.25) is 0 Å². The summed E-state index contributed by atoms with van der Waals surface area (Å²) < 4.78 is 22.6. The van der Waals surface area contributed by atoms with Crippen molar-refractivity contribution >= 4 is 0 Å². The van der Waals surface area contributed by atoms with Crippen molar-refractivity contribution in [1.29, 1.82) is 0 Å². The summed E-state index contributed by atoms with van der Waals surface area (Å²) >= 11 is 0. The molecule has 9 heteroatoms. The minimum Gasteiger partial charge on any atom is -0.490 e. The summed E-state index contributed by atoms with van der Waals surface area (Å²) in [6.45, 7) is 4.12. The number of aromatic amines is 1. The lowest BCUT2D eigenvalue weighted by Crippen LogP contribution is -2.40. The third kappa shape index (κ3) is 3.32. The minimum atomic E-state index is -1.11. The van der Waals surface area contributed by atoms with E-state index in [1.807, 2.05) is 6.92 Å². The zero-order chi connectivity index (χ0) is 17.1. The number of nitrogens with zero attached hydrogens (tertiary/aromatic N) is 1. The molecule has 1 saturated heterocycles. The Morgan fingerprint density at radius 3 is 2.70 bits per heavy atom. The predicted molar refractivity (Wildman–Crippen MR) is 79.7 cm³/mol. The molecule has 2 heterocycles. The second-order valence-corrected chi connectivity index (χ2v) is 5.21. The van der Waals surface area contributed by atoms with E-state index >= 15 is 0 Å². The van der Waals surface area contributed by atoms with Crippen LogP contribution in [0.1, 0.15) is 20.1 Å². The summed E-state index contributed by atoms with van der Waals surface area (Å²) in [6, 6.07) is 0. The van der Waals surface area contributed by atoms with Crippen molar-refractivity contribution in [1.82, 2.24) is 9.55 Å². The molecule has 0 bridgehead atoms. The molecule has 1 aliphatic heterocycles. The number of hydrogen-bond acceptors (Lipinski definition) is 7. The molecular weight excluding hydrogens is 308 g/mol. The fourth-order valence-corrected chi connectivity index (χ4v) is 2.72. The molecule has 1 aromatic heterocycles. The van der Waals surface area contributed by atoms with Gasteiger partial charge in [-0.15, -0.1) is 0 Å². The first kappa shape index (κ1) is 17.7. The van der Waals surface area contributed by atoms with Crippen molar-refractivity contribution in [2.24, 2.45) is 0 Å². The monoisotopic (exact) mass is 330 g/mol. The van der Waals surface area contributed by atoms with E-state index in [-0.39, 0.29) is 11.9 Å². The van der Waals surface area contributed by atoms with Crippen LogP contribution in [0, 0.1) is 0 Å². The van der Waals surface area contributed by atoms with Gasteiger partial charge in [0.15, 0.2) is 6.23 Å². The Morgan fingerprint density at radius 1 is 1.43 bits per heavy atom. The molecule has 2 rings (SSSR count). The maximum absolute atomic E-state index is 12.0. The Kier molecular flexibility index (Phi) is 5.58. The number of aliphatic hydroxyl groups excluding tert-OH is 1. The summed E-state index contributed by atoms with van der Waals surface area (Å²) in [7, 11) is 2.75. The van der Waals surface area contributed by atoms with Crippen LogP contribution in [0.3, 0.4) is 0 Å². The Bertz CT molecular complexity index is 641. The molecule has 0 amide bonds. The van der Waals surface area contributed by atoms with Gasteiger partial charge in [0, 0.05) is 13.7 Å². The SMILES string of the molecule is CCOC(C)[C@H]1O[C@@H](n2cc(OC)c(=O)[nH]c2=O)[C@@H](O)C1OC. The number of aromatic nitrogens is 2.